The van der Waals surface area contributed by atoms with E-state index in [1.165, 1.54) is 0 Å². The largest absolute Gasteiger partial charge is 0.481 e. The van der Waals surface area contributed by atoms with Crippen LogP contribution in [-0.4, -0.2) is 30.1 Å². The van der Waals surface area contributed by atoms with Crippen molar-refractivity contribution in [1.29, 1.82) is 0 Å². The van der Waals surface area contributed by atoms with Crippen molar-refractivity contribution in [2.45, 2.75) is 19.4 Å². The number of carbonyl (C=O) groups is 2. The van der Waals surface area contributed by atoms with Crippen LogP contribution >= 0.6 is 0 Å². The fourth-order valence-corrected chi connectivity index (χ4v) is 1.45. The molecule has 5 heteroatoms. The molecule has 0 saturated carbocycles. The molecule has 1 unspecified atom stereocenters. The van der Waals surface area contributed by atoms with Crippen molar-refractivity contribution in [3.8, 4) is 17.6 Å². The third-order valence-electron chi connectivity index (χ3n) is 2.42. The first-order chi connectivity index (χ1) is 9.17. The Labute approximate surface area is 111 Å². The number of benzene rings is 1. The average Bonchev–Trinajstić information content (AvgIpc) is 2.40. The number of rotatable bonds is 7. The molecule has 1 rings (SSSR count). The molecule has 0 aromatic heterocycles. The average molecular weight is 261 g/mol. The Hall–Kier alpha value is -2.48. The zero-order chi connectivity index (χ0) is 14.1. The highest BCUT2D eigenvalue weighted by Crippen LogP contribution is 2.13. The SMILES string of the molecule is CC#CCOc1ccc(CC(NC=O)C(=O)O)cc1. The van der Waals surface area contributed by atoms with Gasteiger partial charge in [-0.1, -0.05) is 18.1 Å². The molecular weight excluding hydrogens is 246 g/mol. The van der Waals surface area contributed by atoms with Crippen LogP contribution in [0.4, 0.5) is 0 Å². The zero-order valence-electron chi connectivity index (χ0n) is 10.6. The molecule has 0 heterocycles. The Morgan fingerprint density at radius 2 is 2.16 bits per heavy atom. The lowest BCUT2D eigenvalue weighted by Gasteiger charge is -2.11. The van der Waals surface area contributed by atoms with Gasteiger partial charge in [-0.3, -0.25) is 4.79 Å². The molecule has 0 aliphatic carbocycles. The number of amides is 1. The summed E-state index contributed by atoms with van der Waals surface area (Å²) in [6, 6.07) is 6.09. The third-order valence-corrected chi connectivity index (χ3v) is 2.42. The molecule has 0 aliphatic heterocycles. The fourth-order valence-electron chi connectivity index (χ4n) is 1.45. The van der Waals surface area contributed by atoms with Crippen LogP contribution in [0.2, 0.25) is 0 Å². The van der Waals surface area contributed by atoms with Gasteiger partial charge in [0, 0.05) is 6.42 Å². The Bertz CT molecular complexity index is 484. The molecule has 1 amide bonds. The van der Waals surface area contributed by atoms with Crippen LogP contribution < -0.4 is 10.1 Å². The van der Waals surface area contributed by atoms with Crippen molar-refractivity contribution >= 4 is 12.4 Å². The van der Waals surface area contributed by atoms with Crippen LogP contribution in [0.15, 0.2) is 24.3 Å². The quantitative estimate of drug-likeness (QED) is 0.563. The molecule has 1 atom stereocenters. The number of hydrogen-bond acceptors (Lipinski definition) is 3. The minimum absolute atomic E-state index is 0.225. The predicted molar refractivity (Wildman–Crippen MR) is 69.7 cm³/mol. The second-order valence-electron chi connectivity index (χ2n) is 3.74. The summed E-state index contributed by atoms with van der Waals surface area (Å²) in [6.07, 6.45) is 0.614. The highest BCUT2D eigenvalue weighted by molar-refractivity contribution is 5.76. The van der Waals surface area contributed by atoms with E-state index in [0.29, 0.717) is 18.8 Å². The van der Waals surface area contributed by atoms with Crippen molar-refractivity contribution < 1.29 is 19.4 Å². The Kier molecular flexibility index (Phi) is 5.96. The van der Waals surface area contributed by atoms with Gasteiger partial charge < -0.3 is 15.2 Å². The molecule has 0 spiro atoms. The van der Waals surface area contributed by atoms with Crippen LogP contribution in [0.3, 0.4) is 0 Å². The van der Waals surface area contributed by atoms with Crippen molar-refractivity contribution in [1.82, 2.24) is 5.32 Å². The van der Waals surface area contributed by atoms with Gasteiger partial charge in [0.2, 0.25) is 6.41 Å². The summed E-state index contributed by atoms with van der Waals surface area (Å²) < 4.78 is 5.34. The van der Waals surface area contributed by atoms with Gasteiger partial charge in [0.25, 0.3) is 0 Å². The fraction of sp³-hybridized carbons (Fsp3) is 0.286. The van der Waals surface area contributed by atoms with E-state index < -0.39 is 12.0 Å². The van der Waals surface area contributed by atoms with Gasteiger partial charge in [0.1, 0.15) is 18.4 Å². The second kappa shape index (κ2) is 7.77. The van der Waals surface area contributed by atoms with E-state index in [1.807, 2.05) is 0 Å². The van der Waals surface area contributed by atoms with Gasteiger partial charge >= 0.3 is 5.97 Å². The van der Waals surface area contributed by atoms with Gasteiger partial charge in [-0.15, -0.1) is 5.92 Å². The Morgan fingerprint density at radius 1 is 1.47 bits per heavy atom. The Balaban J connectivity index is 2.61. The van der Waals surface area contributed by atoms with Crippen LogP contribution in [-0.2, 0) is 16.0 Å². The summed E-state index contributed by atoms with van der Waals surface area (Å²) >= 11 is 0. The number of nitrogens with one attached hydrogen (secondary N) is 1. The monoisotopic (exact) mass is 261 g/mol. The van der Waals surface area contributed by atoms with Crippen LogP contribution in [0.25, 0.3) is 0 Å². The van der Waals surface area contributed by atoms with E-state index in [4.69, 9.17) is 9.84 Å². The lowest BCUT2D eigenvalue weighted by atomic mass is 10.1. The molecule has 1 aromatic carbocycles. The molecular formula is C14H15NO4. The van der Waals surface area contributed by atoms with Crippen molar-refractivity contribution in [2.24, 2.45) is 0 Å². The van der Waals surface area contributed by atoms with E-state index in [2.05, 4.69) is 17.2 Å². The maximum atomic E-state index is 10.9. The first-order valence-electron chi connectivity index (χ1n) is 5.71. The maximum Gasteiger partial charge on any atom is 0.326 e. The molecule has 0 bridgehead atoms. The molecule has 0 radical (unpaired) electrons. The number of ether oxygens (including phenoxy) is 1. The van der Waals surface area contributed by atoms with Crippen molar-refractivity contribution in [3.05, 3.63) is 29.8 Å². The maximum absolute atomic E-state index is 10.9. The van der Waals surface area contributed by atoms with Crippen molar-refractivity contribution in [3.63, 3.8) is 0 Å². The highest BCUT2D eigenvalue weighted by Gasteiger charge is 2.16. The van der Waals surface area contributed by atoms with E-state index in [9.17, 15) is 9.59 Å². The van der Waals surface area contributed by atoms with Crippen LogP contribution in [0.5, 0.6) is 5.75 Å². The molecule has 2 N–H and O–H groups in total. The summed E-state index contributed by atoms with van der Waals surface area (Å²) in [5.41, 5.74) is 0.802. The van der Waals surface area contributed by atoms with E-state index in [-0.39, 0.29) is 6.42 Å². The lowest BCUT2D eigenvalue weighted by molar-refractivity contribution is -0.140. The molecule has 0 saturated heterocycles. The summed E-state index contributed by atoms with van der Waals surface area (Å²) in [5, 5.41) is 11.2. The molecule has 100 valence electrons. The van der Waals surface area contributed by atoms with E-state index >= 15 is 0 Å². The van der Waals surface area contributed by atoms with Gasteiger partial charge in [-0.25, -0.2) is 4.79 Å². The summed E-state index contributed by atoms with van der Waals surface area (Å²) in [7, 11) is 0. The number of carbonyl (C=O) groups excluding carboxylic acids is 1. The summed E-state index contributed by atoms with van der Waals surface area (Å²) in [4.78, 5) is 21.2. The second-order valence-corrected chi connectivity index (χ2v) is 3.74. The topological polar surface area (TPSA) is 75.6 Å². The highest BCUT2D eigenvalue weighted by atomic mass is 16.5. The van der Waals surface area contributed by atoms with Crippen LogP contribution in [0.1, 0.15) is 12.5 Å². The molecule has 5 nitrogen and oxygen atoms in total. The lowest BCUT2D eigenvalue weighted by Crippen LogP contribution is -2.37. The normalized spacial score (nSPS) is 10.8. The predicted octanol–water partition coefficient (Wildman–Crippen LogP) is 0.830. The van der Waals surface area contributed by atoms with Gasteiger partial charge in [-0.2, -0.15) is 0 Å². The summed E-state index contributed by atoms with van der Waals surface area (Å²) in [5.74, 6) is 5.10. The standard InChI is InChI=1S/C14H15NO4/c1-2-3-8-19-12-6-4-11(5-7-12)9-13(14(17)18)15-10-16/h4-7,10,13H,8-9H2,1H3,(H,15,16)(H,17,18). The van der Waals surface area contributed by atoms with E-state index in [0.717, 1.165) is 5.56 Å². The number of aliphatic carboxylic acids is 1. The van der Waals surface area contributed by atoms with Gasteiger partial charge in [0.15, 0.2) is 0 Å². The number of carboxylic acid groups (broad SMARTS) is 1. The molecule has 0 fully saturated rings. The number of hydrogen-bond donors (Lipinski definition) is 2. The van der Waals surface area contributed by atoms with Gasteiger partial charge in [-0.05, 0) is 24.6 Å². The molecule has 0 aliphatic rings. The summed E-state index contributed by atoms with van der Waals surface area (Å²) in [6.45, 7) is 2.05. The van der Waals surface area contributed by atoms with Crippen LogP contribution in [0, 0.1) is 11.8 Å². The first kappa shape index (κ1) is 14.6. The van der Waals surface area contributed by atoms with Gasteiger partial charge in [0.05, 0.1) is 0 Å². The molecule has 1 aromatic rings. The number of carboxylic acids is 1. The van der Waals surface area contributed by atoms with E-state index in [1.54, 1.807) is 31.2 Å². The zero-order valence-corrected chi connectivity index (χ0v) is 10.6. The minimum Gasteiger partial charge on any atom is -0.481 e. The van der Waals surface area contributed by atoms with Crippen molar-refractivity contribution in [2.75, 3.05) is 6.61 Å². The smallest absolute Gasteiger partial charge is 0.326 e. The first-order valence-corrected chi connectivity index (χ1v) is 5.71. The Morgan fingerprint density at radius 3 is 2.68 bits per heavy atom. The minimum atomic E-state index is -1.06. The molecule has 19 heavy (non-hydrogen) atoms. The third kappa shape index (κ3) is 5.13.